The first kappa shape index (κ1) is 22.1. The van der Waals surface area contributed by atoms with Crippen molar-refractivity contribution in [2.75, 3.05) is 25.1 Å². The van der Waals surface area contributed by atoms with Gasteiger partial charge in [0.1, 0.15) is 12.1 Å². The van der Waals surface area contributed by atoms with Crippen molar-refractivity contribution >= 4 is 11.6 Å². The highest BCUT2D eigenvalue weighted by atomic mass is 16.5. The molecule has 0 radical (unpaired) electrons. The Hall–Kier alpha value is -3.63. The van der Waals surface area contributed by atoms with Gasteiger partial charge in [-0.2, -0.15) is 0 Å². The van der Waals surface area contributed by atoms with Crippen LogP contribution in [-0.2, 0) is 5.41 Å². The van der Waals surface area contributed by atoms with Crippen molar-refractivity contribution in [1.82, 2.24) is 19.9 Å². The van der Waals surface area contributed by atoms with E-state index in [2.05, 4.69) is 25.3 Å². The van der Waals surface area contributed by atoms with E-state index in [1.807, 2.05) is 6.92 Å². The number of rotatable bonds is 9. The minimum atomic E-state index is -1.10. The number of hydrogen-bond acceptors (Lipinski definition) is 9. The van der Waals surface area contributed by atoms with Gasteiger partial charge in [0, 0.05) is 24.7 Å². The maximum Gasteiger partial charge on any atom is 0.262 e. The molecule has 0 saturated carbocycles. The molecule has 0 aromatic carbocycles. The Morgan fingerprint density at radius 3 is 2.58 bits per heavy atom. The highest BCUT2D eigenvalue weighted by molar-refractivity contribution is 6.04. The van der Waals surface area contributed by atoms with Gasteiger partial charge < -0.3 is 25.0 Å². The van der Waals surface area contributed by atoms with Crippen LogP contribution in [0.3, 0.4) is 0 Å². The van der Waals surface area contributed by atoms with Gasteiger partial charge in [0.15, 0.2) is 5.75 Å². The first-order valence-electron chi connectivity index (χ1n) is 9.55. The highest BCUT2D eigenvalue weighted by Gasteiger charge is 2.31. The monoisotopic (exact) mass is 425 g/mol. The lowest BCUT2D eigenvalue weighted by molar-refractivity contribution is 0.102. The minimum absolute atomic E-state index is 0.234. The lowest BCUT2D eigenvalue weighted by atomic mass is 9.87. The first-order valence-corrected chi connectivity index (χ1v) is 9.55. The molecule has 3 rings (SSSR count). The fourth-order valence-electron chi connectivity index (χ4n) is 2.72. The number of hydrogen-bond donors (Lipinski definition) is 3. The van der Waals surface area contributed by atoms with Crippen LogP contribution >= 0.6 is 0 Å². The number of nitrogens with zero attached hydrogens (tertiary/aromatic N) is 4. The third kappa shape index (κ3) is 5.11. The molecule has 10 nitrogen and oxygen atoms in total. The predicted molar refractivity (Wildman–Crippen MR) is 111 cm³/mol. The van der Waals surface area contributed by atoms with E-state index in [-0.39, 0.29) is 36.1 Å². The molecule has 3 N–H and O–H groups in total. The van der Waals surface area contributed by atoms with Gasteiger partial charge in [-0.3, -0.25) is 9.78 Å². The number of anilines is 1. The Morgan fingerprint density at radius 2 is 1.90 bits per heavy atom. The number of pyridine rings is 2. The van der Waals surface area contributed by atoms with Crippen LogP contribution in [0.25, 0.3) is 0 Å². The van der Waals surface area contributed by atoms with E-state index in [1.165, 1.54) is 31.0 Å². The number of aliphatic hydroxyl groups is 2. The molecule has 10 heteroatoms. The van der Waals surface area contributed by atoms with Crippen LogP contribution in [-0.4, -0.2) is 55.9 Å². The van der Waals surface area contributed by atoms with E-state index in [0.29, 0.717) is 18.1 Å². The van der Waals surface area contributed by atoms with E-state index in [9.17, 15) is 15.0 Å². The lowest BCUT2D eigenvalue weighted by Gasteiger charge is -2.26. The number of carbonyl (C=O) groups excluding carboxylic acids is 1. The quantitative estimate of drug-likeness (QED) is 0.469. The van der Waals surface area contributed by atoms with Crippen molar-refractivity contribution < 1.29 is 24.5 Å². The fraction of sp³-hybridized carbons (Fsp3) is 0.286. The molecule has 0 saturated heterocycles. The Labute approximate surface area is 179 Å². The normalized spacial score (nSPS) is 11.1. The lowest BCUT2D eigenvalue weighted by Crippen LogP contribution is -2.33. The van der Waals surface area contributed by atoms with Crippen molar-refractivity contribution in [2.45, 2.75) is 19.3 Å². The summed E-state index contributed by atoms with van der Waals surface area (Å²) in [5.41, 5.74) is -0.319. The first-order chi connectivity index (χ1) is 15.0. The zero-order valence-electron chi connectivity index (χ0n) is 17.1. The molecule has 0 spiro atoms. The van der Waals surface area contributed by atoms with Crippen LogP contribution in [0.2, 0.25) is 0 Å². The molecule has 162 valence electrons. The van der Waals surface area contributed by atoms with Gasteiger partial charge in [0.25, 0.3) is 11.8 Å². The van der Waals surface area contributed by atoms with Gasteiger partial charge in [-0.15, -0.1) is 0 Å². The van der Waals surface area contributed by atoms with Gasteiger partial charge in [0.05, 0.1) is 48.4 Å². The van der Waals surface area contributed by atoms with E-state index < -0.39 is 11.3 Å². The number of nitrogens with one attached hydrogen (secondary N) is 1. The van der Waals surface area contributed by atoms with Crippen molar-refractivity contribution in [2.24, 2.45) is 0 Å². The van der Waals surface area contributed by atoms with Crippen LogP contribution in [0.5, 0.6) is 17.4 Å². The molecular weight excluding hydrogens is 402 g/mol. The maximum absolute atomic E-state index is 12.7. The fourth-order valence-corrected chi connectivity index (χ4v) is 2.72. The minimum Gasteiger partial charge on any atom is -0.488 e. The predicted octanol–water partition coefficient (Wildman–Crippen LogP) is 1.95. The third-order valence-electron chi connectivity index (χ3n) is 4.45. The van der Waals surface area contributed by atoms with Crippen molar-refractivity contribution in [1.29, 1.82) is 0 Å². The zero-order chi connectivity index (χ0) is 22.3. The SMILES string of the molecule is CCOc1cccnc1Oc1cnc(C(C)(CO)CO)c(NC(=O)c2cncnc2)c1. The Kier molecular flexibility index (Phi) is 7.06. The average molecular weight is 425 g/mol. The summed E-state index contributed by atoms with van der Waals surface area (Å²) in [5, 5.41) is 22.4. The summed E-state index contributed by atoms with van der Waals surface area (Å²) in [4.78, 5) is 28.9. The van der Waals surface area contributed by atoms with Crippen LogP contribution in [0.4, 0.5) is 5.69 Å². The average Bonchev–Trinajstić information content (AvgIpc) is 2.81. The molecule has 0 aliphatic rings. The van der Waals surface area contributed by atoms with E-state index >= 15 is 0 Å². The molecule has 0 aliphatic carbocycles. The molecule has 3 aromatic heterocycles. The molecule has 0 unspecified atom stereocenters. The molecule has 0 fully saturated rings. The van der Waals surface area contributed by atoms with Crippen LogP contribution in [0.15, 0.2) is 49.3 Å². The highest BCUT2D eigenvalue weighted by Crippen LogP contribution is 2.34. The standard InChI is InChI=1S/C21H23N5O5/c1-3-30-17-5-4-6-24-20(17)31-15-7-16(18(25-10-15)21(2,11-27)12-28)26-19(29)14-8-22-13-23-9-14/h4-10,13,27-28H,3,11-12H2,1-2H3,(H,26,29). The number of carbonyl (C=O) groups is 1. The Balaban J connectivity index is 1.98. The molecule has 0 aliphatic heterocycles. The number of aromatic nitrogens is 4. The van der Waals surface area contributed by atoms with Crippen molar-refractivity contribution in [3.05, 3.63) is 60.6 Å². The van der Waals surface area contributed by atoms with Crippen LogP contribution in [0.1, 0.15) is 29.9 Å². The van der Waals surface area contributed by atoms with Gasteiger partial charge >= 0.3 is 0 Å². The summed E-state index contributed by atoms with van der Waals surface area (Å²) in [5.74, 6) is 0.490. The number of amides is 1. The topological polar surface area (TPSA) is 140 Å². The van der Waals surface area contributed by atoms with Crippen molar-refractivity contribution in [3.63, 3.8) is 0 Å². The molecule has 3 aromatic rings. The molecule has 0 bridgehead atoms. The summed E-state index contributed by atoms with van der Waals surface area (Å²) >= 11 is 0. The molecule has 1 amide bonds. The molecule has 3 heterocycles. The number of ether oxygens (including phenoxy) is 2. The third-order valence-corrected chi connectivity index (χ3v) is 4.45. The van der Waals surface area contributed by atoms with Gasteiger partial charge in [-0.25, -0.2) is 15.0 Å². The summed E-state index contributed by atoms with van der Waals surface area (Å²) in [6, 6.07) is 4.99. The number of aliphatic hydroxyl groups excluding tert-OH is 2. The van der Waals surface area contributed by atoms with Gasteiger partial charge in [-0.05, 0) is 26.0 Å². The zero-order valence-corrected chi connectivity index (χ0v) is 17.1. The summed E-state index contributed by atoms with van der Waals surface area (Å²) in [6.07, 6.45) is 7.04. The summed E-state index contributed by atoms with van der Waals surface area (Å²) < 4.78 is 11.3. The Bertz CT molecular complexity index is 1030. The second-order valence-corrected chi connectivity index (χ2v) is 6.87. The second-order valence-electron chi connectivity index (χ2n) is 6.87. The Morgan fingerprint density at radius 1 is 1.16 bits per heavy atom. The molecular formula is C21H23N5O5. The van der Waals surface area contributed by atoms with E-state index in [0.717, 1.165) is 0 Å². The van der Waals surface area contributed by atoms with Gasteiger partial charge in [0.2, 0.25) is 0 Å². The van der Waals surface area contributed by atoms with Gasteiger partial charge in [-0.1, -0.05) is 0 Å². The molecule has 31 heavy (non-hydrogen) atoms. The smallest absolute Gasteiger partial charge is 0.262 e. The maximum atomic E-state index is 12.7. The molecule has 0 atom stereocenters. The summed E-state index contributed by atoms with van der Waals surface area (Å²) in [7, 11) is 0. The van der Waals surface area contributed by atoms with Crippen molar-refractivity contribution in [3.8, 4) is 17.4 Å². The van der Waals surface area contributed by atoms with E-state index in [1.54, 1.807) is 25.3 Å². The second kappa shape index (κ2) is 9.92. The van der Waals surface area contributed by atoms with Crippen LogP contribution < -0.4 is 14.8 Å². The van der Waals surface area contributed by atoms with E-state index in [4.69, 9.17) is 9.47 Å². The summed E-state index contributed by atoms with van der Waals surface area (Å²) in [6.45, 7) is 3.14. The largest absolute Gasteiger partial charge is 0.488 e. The van der Waals surface area contributed by atoms with Crippen LogP contribution in [0, 0.1) is 0 Å².